The lowest BCUT2D eigenvalue weighted by Gasteiger charge is -2.16. The van der Waals surface area contributed by atoms with Crippen LogP contribution >= 0.6 is 0 Å². The summed E-state index contributed by atoms with van der Waals surface area (Å²) in [5, 5.41) is 0. The fraction of sp³-hybridized carbons (Fsp3) is 0.276. The van der Waals surface area contributed by atoms with Crippen LogP contribution in [0, 0.1) is 0 Å². The Kier molecular flexibility index (Phi) is 6.00. The van der Waals surface area contributed by atoms with Gasteiger partial charge >= 0.3 is 5.97 Å². The molecule has 0 aromatic heterocycles. The van der Waals surface area contributed by atoms with E-state index in [-0.39, 0.29) is 24.9 Å². The molecule has 0 atom stereocenters. The number of hydrogen-bond donors (Lipinski definition) is 0. The lowest BCUT2D eigenvalue weighted by atomic mass is 9.86. The fourth-order valence-electron chi connectivity index (χ4n) is 4.68. The number of esters is 1. The lowest BCUT2D eigenvalue weighted by molar-refractivity contribution is -0.120. The Morgan fingerprint density at radius 1 is 0.917 bits per heavy atom. The van der Waals surface area contributed by atoms with Crippen LogP contribution in [0.2, 0.25) is 0 Å². The van der Waals surface area contributed by atoms with E-state index >= 15 is 0 Å². The van der Waals surface area contributed by atoms with Gasteiger partial charge in [0.15, 0.2) is 11.5 Å². The number of carbonyl (C=O) groups excluding carboxylic acids is 3. The highest BCUT2D eigenvalue weighted by atomic mass is 16.7. The zero-order chi connectivity index (χ0) is 25.4. The molecule has 0 saturated heterocycles. The van der Waals surface area contributed by atoms with Gasteiger partial charge in [0.1, 0.15) is 5.78 Å². The van der Waals surface area contributed by atoms with Crippen molar-refractivity contribution in [1.82, 2.24) is 4.90 Å². The number of Topliss-reactive ketones (excluding diaryl/α,β-unsaturated/α-hetero) is 1. The van der Waals surface area contributed by atoms with E-state index in [2.05, 4.69) is 0 Å². The van der Waals surface area contributed by atoms with Crippen LogP contribution in [0.5, 0.6) is 11.5 Å². The average Bonchev–Trinajstić information content (AvgIpc) is 3.58. The molecule has 2 aliphatic rings. The molecule has 0 radical (unpaired) electrons. The molecule has 184 valence electrons. The van der Waals surface area contributed by atoms with Crippen molar-refractivity contribution in [2.24, 2.45) is 0 Å². The molecule has 0 N–H and O–H groups in total. The molecule has 3 aromatic carbocycles. The predicted octanol–water partition coefficient (Wildman–Crippen LogP) is 4.41. The van der Waals surface area contributed by atoms with Crippen LogP contribution < -0.4 is 9.47 Å². The highest BCUT2D eigenvalue weighted by Gasteiger charge is 2.50. The van der Waals surface area contributed by atoms with Crippen molar-refractivity contribution < 1.29 is 28.6 Å². The van der Waals surface area contributed by atoms with Crippen molar-refractivity contribution in [2.45, 2.75) is 24.7 Å². The van der Waals surface area contributed by atoms with Gasteiger partial charge in [0.2, 0.25) is 6.79 Å². The first kappa shape index (κ1) is 23.6. The summed E-state index contributed by atoms with van der Waals surface area (Å²) < 4.78 is 15.9. The van der Waals surface area contributed by atoms with Crippen molar-refractivity contribution in [1.29, 1.82) is 0 Å². The number of amides is 1. The smallest absolute Gasteiger partial charge is 0.338 e. The number of carbonyl (C=O) groups is 3. The lowest BCUT2D eigenvalue weighted by Crippen LogP contribution is -2.22. The van der Waals surface area contributed by atoms with Crippen LogP contribution in [0.15, 0.2) is 60.7 Å². The second kappa shape index (κ2) is 9.15. The van der Waals surface area contributed by atoms with E-state index < -0.39 is 11.4 Å². The normalized spacial score (nSPS) is 14.8. The summed E-state index contributed by atoms with van der Waals surface area (Å²) in [5.74, 6) is 0.934. The second-order valence-electron chi connectivity index (χ2n) is 9.40. The first-order valence-corrected chi connectivity index (χ1v) is 11.8. The Balaban J connectivity index is 1.44. The minimum Gasteiger partial charge on any atom is -0.465 e. The molecular formula is C29H27NO6. The van der Waals surface area contributed by atoms with Crippen molar-refractivity contribution in [2.75, 3.05) is 28.0 Å². The zero-order valence-corrected chi connectivity index (χ0v) is 20.5. The molecular weight excluding hydrogens is 458 g/mol. The van der Waals surface area contributed by atoms with Crippen LogP contribution in [-0.2, 0) is 21.4 Å². The van der Waals surface area contributed by atoms with Crippen molar-refractivity contribution in [3.8, 4) is 22.6 Å². The highest BCUT2D eigenvalue weighted by Crippen LogP contribution is 2.51. The summed E-state index contributed by atoms with van der Waals surface area (Å²) in [7, 11) is 4.73. The standard InChI is InChI=1S/C29H27NO6/c1-30(2)27(32)20-7-5-19(6-8-20)23-14-18(4-10-22(23)28(33)34-3)15-26(31)29(12-13-29)21-9-11-24-25(16-21)36-17-35-24/h4-11,14,16H,12-13,15,17H2,1-3H3. The number of methoxy groups -OCH3 is 1. The maximum atomic E-state index is 13.5. The van der Waals surface area contributed by atoms with Gasteiger partial charge in [0, 0.05) is 26.1 Å². The average molecular weight is 486 g/mol. The summed E-state index contributed by atoms with van der Waals surface area (Å²) in [6, 6.07) is 18.1. The van der Waals surface area contributed by atoms with Gasteiger partial charge in [-0.15, -0.1) is 0 Å². The van der Waals surface area contributed by atoms with Crippen LogP contribution in [0.4, 0.5) is 0 Å². The molecule has 1 aliphatic heterocycles. The Hall–Kier alpha value is -4.13. The summed E-state index contributed by atoms with van der Waals surface area (Å²) >= 11 is 0. The van der Waals surface area contributed by atoms with E-state index in [1.807, 2.05) is 24.3 Å². The number of benzene rings is 3. The maximum absolute atomic E-state index is 13.5. The first-order chi connectivity index (χ1) is 17.3. The monoisotopic (exact) mass is 485 g/mol. The molecule has 1 fully saturated rings. The molecule has 36 heavy (non-hydrogen) atoms. The molecule has 7 heteroatoms. The molecule has 0 bridgehead atoms. The van der Waals surface area contributed by atoms with E-state index in [0.717, 1.165) is 29.5 Å². The molecule has 7 nitrogen and oxygen atoms in total. The van der Waals surface area contributed by atoms with Crippen LogP contribution in [0.1, 0.15) is 44.7 Å². The SMILES string of the molecule is COC(=O)c1ccc(CC(=O)C2(c3ccc4c(c3)OCO4)CC2)cc1-c1ccc(C(=O)N(C)C)cc1. The van der Waals surface area contributed by atoms with Gasteiger partial charge in [-0.25, -0.2) is 4.79 Å². The number of ether oxygens (including phenoxy) is 3. The van der Waals surface area contributed by atoms with Gasteiger partial charge in [0.25, 0.3) is 5.91 Å². The maximum Gasteiger partial charge on any atom is 0.338 e. The largest absolute Gasteiger partial charge is 0.465 e. The van der Waals surface area contributed by atoms with Gasteiger partial charge in [-0.3, -0.25) is 9.59 Å². The molecule has 5 rings (SSSR count). The van der Waals surface area contributed by atoms with Crippen molar-refractivity contribution in [3.63, 3.8) is 0 Å². The van der Waals surface area contributed by atoms with E-state index in [0.29, 0.717) is 28.2 Å². The zero-order valence-electron chi connectivity index (χ0n) is 20.5. The van der Waals surface area contributed by atoms with Gasteiger partial charge in [-0.2, -0.15) is 0 Å². The van der Waals surface area contributed by atoms with E-state index in [9.17, 15) is 14.4 Å². The third-order valence-electron chi connectivity index (χ3n) is 6.91. The molecule has 1 heterocycles. The first-order valence-electron chi connectivity index (χ1n) is 11.8. The molecule has 1 amide bonds. The van der Waals surface area contributed by atoms with Gasteiger partial charge < -0.3 is 19.1 Å². The van der Waals surface area contributed by atoms with Gasteiger partial charge in [0.05, 0.1) is 18.1 Å². The summed E-state index contributed by atoms with van der Waals surface area (Å²) in [6.07, 6.45) is 1.82. The third-order valence-corrected chi connectivity index (χ3v) is 6.91. The van der Waals surface area contributed by atoms with Crippen LogP contribution in [0.25, 0.3) is 11.1 Å². The number of fused-ring (bicyclic) bond motifs is 1. The third kappa shape index (κ3) is 4.21. The summed E-state index contributed by atoms with van der Waals surface area (Å²) in [6.45, 7) is 0.194. The van der Waals surface area contributed by atoms with E-state index in [1.54, 1.807) is 50.5 Å². The molecule has 0 spiro atoms. The number of nitrogens with zero attached hydrogens (tertiary/aromatic N) is 1. The van der Waals surface area contributed by atoms with Crippen molar-refractivity contribution in [3.05, 3.63) is 82.9 Å². The molecule has 0 unspecified atom stereocenters. The van der Waals surface area contributed by atoms with Crippen LogP contribution in [0.3, 0.4) is 0 Å². The Morgan fingerprint density at radius 2 is 1.64 bits per heavy atom. The Bertz CT molecular complexity index is 1350. The topological polar surface area (TPSA) is 82.1 Å². The fourth-order valence-corrected chi connectivity index (χ4v) is 4.68. The molecule has 3 aromatic rings. The number of ketones is 1. The Morgan fingerprint density at radius 3 is 2.31 bits per heavy atom. The minimum absolute atomic E-state index is 0.104. The number of rotatable bonds is 7. The molecule has 1 aliphatic carbocycles. The summed E-state index contributed by atoms with van der Waals surface area (Å²) in [5.41, 5.74) is 3.61. The summed E-state index contributed by atoms with van der Waals surface area (Å²) in [4.78, 5) is 39.8. The van der Waals surface area contributed by atoms with Crippen LogP contribution in [-0.4, -0.2) is 50.6 Å². The number of hydrogen-bond acceptors (Lipinski definition) is 6. The van der Waals surface area contributed by atoms with E-state index in [1.165, 1.54) is 12.0 Å². The highest BCUT2D eigenvalue weighted by molar-refractivity contribution is 5.99. The van der Waals surface area contributed by atoms with Gasteiger partial charge in [-0.05, 0) is 71.5 Å². The van der Waals surface area contributed by atoms with Gasteiger partial charge in [-0.1, -0.05) is 24.3 Å². The minimum atomic E-state index is -0.518. The predicted molar refractivity (Wildman–Crippen MR) is 133 cm³/mol. The van der Waals surface area contributed by atoms with Crippen molar-refractivity contribution >= 4 is 17.7 Å². The van der Waals surface area contributed by atoms with E-state index in [4.69, 9.17) is 14.2 Å². The Labute approximate surface area is 209 Å². The second-order valence-corrected chi connectivity index (χ2v) is 9.40. The molecule has 1 saturated carbocycles. The quantitative estimate of drug-likeness (QED) is 0.461.